The molecule has 0 aromatic heterocycles. The molecule has 2 N–H and O–H groups in total. The number of carbonyl (C=O) groups is 1. The van der Waals surface area contributed by atoms with E-state index in [9.17, 15) is 4.79 Å². The first-order valence-corrected chi connectivity index (χ1v) is 8.98. The van der Waals surface area contributed by atoms with Crippen LogP contribution in [0.3, 0.4) is 0 Å². The van der Waals surface area contributed by atoms with E-state index in [2.05, 4.69) is 29.7 Å². The Balaban J connectivity index is 0.00000243. The van der Waals surface area contributed by atoms with Gasteiger partial charge in [0.1, 0.15) is 12.4 Å². The first-order valence-electron chi connectivity index (χ1n) is 8.98. The van der Waals surface area contributed by atoms with Crippen molar-refractivity contribution in [3.63, 3.8) is 0 Å². The van der Waals surface area contributed by atoms with Crippen LogP contribution in [0.5, 0.6) is 5.75 Å². The van der Waals surface area contributed by atoms with Gasteiger partial charge in [-0.15, -0.1) is 12.4 Å². The summed E-state index contributed by atoms with van der Waals surface area (Å²) in [5.41, 5.74) is 2.98. The van der Waals surface area contributed by atoms with Crippen LogP contribution in [-0.4, -0.2) is 25.5 Å². The number of carbonyl (C=O) groups excluding carboxylic acids is 1. The number of nitrogens with one attached hydrogen (secondary N) is 2. The van der Waals surface area contributed by atoms with Gasteiger partial charge in [0.25, 0.3) is 5.91 Å². The lowest BCUT2D eigenvalue weighted by Crippen LogP contribution is -2.26. The van der Waals surface area contributed by atoms with Gasteiger partial charge < -0.3 is 15.4 Å². The highest BCUT2D eigenvalue weighted by molar-refractivity contribution is 5.94. The van der Waals surface area contributed by atoms with Crippen molar-refractivity contribution < 1.29 is 9.53 Å². The Kier molecular flexibility index (Phi) is 7.95. The SMILES string of the molecule is Cc1cccc(COc2cccc(C(=O)NCCC3CCNC3)c2)c1.Cl. The van der Waals surface area contributed by atoms with Crippen LogP contribution in [0.4, 0.5) is 0 Å². The van der Waals surface area contributed by atoms with Crippen LogP contribution in [0.1, 0.15) is 34.3 Å². The van der Waals surface area contributed by atoms with E-state index in [4.69, 9.17) is 4.74 Å². The number of aryl methyl sites for hydroxylation is 1. The van der Waals surface area contributed by atoms with Crippen LogP contribution in [0.2, 0.25) is 0 Å². The number of amides is 1. The molecule has 1 heterocycles. The molecule has 0 aliphatic carbocycles. The van der Waals surface area contributed by atoms with E-state index >= 15 is 0 Å². The molecule has 1 amide bonds. The van der Waals surface area contributed by atoms with Gasteiger partial charge >= 0.3 is 0 Å². The molecular weight excluding hydrogens is 348 g/mol. The maximum atomic E-state index is 12.3. The van der Waals surface area contributed by atoms with Gasteiger partial charge in [0.2, 0.25) is 0 Å². The fraction of sp³-hybridized carbons (Fsp3) is 0.381. The van der Waals surface area contributed by atoms with E-state index < -0.39 is 0 Å². The van der Waals surface area contributed by atoms with Gasteiger partial charge in [-0.25, -0.2) is 0 Å². The number of halogens is 1. The van der Waals surface area contributed by atoms with E-state index in [1.54, 1.807) is 0 Å². The Morgan fingerprint density at radius 1 is 1.23 bits per heavy atom. The minimum Gasteiger partial charge on any atom is -0.489 e. The molecule has 26 heavy (non-hydrogen) atoms. The predicted molar refractivity (Wildman–Crippen MR) is 107 cm³/mol. The van der Waals surface area contributed by atoms with E-state index in [1.807, 2.05) is 36.4 Å². The highest BCUT2D eigenvalue weighted by Gasteiger charge is 2.14. The smallest absolute Gasteiger partial charge is 0.251 e. The first-order chi connectivity index (χ1) is 12.2. The van der Waals surface area contributed by atoms with Gasteiger partial charge in [-0.3, -0.25) is 4.79 Å². The van der Waals surface area contributed by atoms with Crippen LogP contribution in [-0.2, 0) is 6.61 Å². The van der Waals surface area contributed by atoms with Crippen LogP contribution in [0.25, 0.3) is 0 Å². The summed E-state index contributed by atoms with van der Waals surface area (Å²) in [6, 6.07) is 15.6. The topological polar surface area (TPSA) is 50.4 Å². The standard InChI is InChI=1S/C21H26N2O2.ClH/c1-16-4-2-5-18(12-16)15-25-20-7-3-6-19(13-20)21(24)23-11-9-17-8-10-22-14-17;/h2-7,12-13,17,22H,8-11,14-15H2,1H3,(H,23,24);1H. The number of hydrogen-bond donors (Lipinski definition) is 2. The summed E-state index contributed by atoms with van der Waals surface area (Å²) in [6.45, 7) is 5.45. The molecule has 5 heteroatoms. The molecule has 1 aliphatic heterocycles. The summed E-state index contributed by atoms with van der Waals surface area (Å²) < 4.78 is 5.84. The van der Waals surface area contributed by atoms with Crippen LogP contribution in [0, 0.1) is 12.8 Å². The third kappa shape index (κ3) is 6.04. The fourth-order valence-electron chi connectivity index (χ4n) is 3.15. The summed E-state index contributed by atoms with van der Waals surface area (Å²) in [4.78, 5) is 12.3. The molecule has 1 saturated heterocycles. The van der Waals surface area contributed by atoms with Gasteiger partial charge in [-0.1, -0.05) is 35.9 Å². The molecule has 140 valence electrons. The molecule has 0 saturated carbocycles. The zero-order chi connectivity index (χ0) is 17.5. The minimum atomic E-state index is -0.0352. The Hall–Kier alpha value is -2.04. The van der Waals surface area contributed by atoms with Gasteiger partial charge in [0.05, 0.1) is 0 Å². The molecular formula is C21H27ClN2O2. The number of rotatable bonds is 7. The van der Waals surface area contributed by atoms with Crippen LogP contribution < -0.4 is 15.4 Å². The third-order valence-electron chi connectivity index (χ3n) is 4.58. The van der Waals surface area contributed by atoms with E-state index in [0.717, 1.165) is 31.6 Å². The normalized spacial score (nSPS) is 16.0. The number of ether oxygens (including phenoxy) is 1. The second kappa shape index (κ2) is 10.2. The van der Waals surface area contributed by atoms with Gasteiger partial charge in [0.15, 0.2) is 0 Å². The highest BCUT2D eigenvalue weighted by atomic mass is 35.5. The van der Waals surface area contributed by atoms with Gasteiger partial charge in [-0.2, -0.15) is 0 Å². The maximum absolute atomic E-state index is 12.3. The molecule has 0 bridgehead atoms. The van der Waals surface area contributed by atoms with Gasteiger partial charge in [-0.05, 0) is 62.5 Å². The molecule has 3 rings (SSSR count). The summed E-state index contributed by atoms with van der Waals surface area (Å²) in [5, 5.41) is 6.36. The Bertz CT molecular complexity index is 715. The fourth-order valence-corrected chi connectivity index (χ4v) is 3.15. The number of benzene rings is 2. The molecule has 1 unspecified atom stereocenters. The van der Waals surface area contributed by atoms with Crippen LogP contribution >= 0.6 is 12.4 Å². The largest absolute Gasteiger partial charge is 0.489 e. The van der Waals surface area contributed by atoms with Crippen molar-refractivity contribution in [1.29, 1.82) is 0 Å². The average molecular weight is 375 g/mol. The predicted octanol–water partition coefficient (Wildman–Crippen LogP) is 3.73. The molecule has 0 spiro atoms. The van der Waals surface area contributed by atoms with E-state index in [1.165, 1.54) is 12.0 Å². The van der Waals surface area contributed by atoms with Crippen molar-refractivity contribution in [2.45, 2.75) is 26.4 Å². The Morgan fingerprint density at radius 3 is 2.85 bits per heavy atom. The first kappa shape index (κ1) is 20.3. The van der Waals surface area contributed by atoms with E-state index in [0.29, 0.717) is 23.8 Å². The molecule has 1 fully saturated rings. The Labute approximate surface area is 161 Å². The molecule has 2 aromatic carbocycles. The van der Waals surface area contributed by atoms with Crippen molar-refractivity contribution in [2.24, 2.45) is 5.92 Å². The quantitative estimate of drug-likeness (QED) is 0.776. The highest BCUT2D eigenvalue weighted by Crippen LogP contribution is 2.16. The summed E-state index contributed by atoms with van der Waals surface area (Å²) >= 11 is 0. The lowest BCUT2D eigenvalue weighted by molar-refractivity contribution is 0.0951. The lowest BCUT2D eigenvalue weighted by atomic mass is 10.1. The van der Waals surface area contributed by atoms with E-state index in [-0.39, 0.29) is 18.3 Å². The third-order valence-corrected chi connectivity index (χ3v) is 4.58. The lowest BCUT2D eigenvalue weighted by Gasteiger charge is -2.11. The van der Waals surface area contributed by atoms with Gasteiger partial charge in [0, 0.05) is 12.1 Å². The van der Waals surface area contributed by atoms with Crippen molar-refractivity contribution in [3.05, 3.63) is 65.2 Å². The second-order valence-electron chi connectivity index (χ2n) is 6.71. The van der Waals surface area contributed by atoms with Crippen molar-refractivity contribution in [1.82, 2.24) is 10.6 Å². The zero-order valence-electron chi connectivity index (χ0n) is 15.2. The zero-order valence-corrected chi connectivity index (χ0v) is 16.0. The number of hydrogen-bond acceptors (Lipinski definition) is 3. The molecule has 4 nitrogen and oxygen atoms in total. The molecule has 1 atom stereocenters. The summed E-state index contributed by atoms with van der Waals surface area (Å²) in [7, 11) is 0. The van der Waals surface area contributed by atoms with Crippen LogP contribution in [0.15, 0.2) is 48.5 Å². The van der Waals surface area contributed by atoms with Crippen molar-refractivity contribution in [3.8, 4) is 5.75 Å². The Morgan fingerprint density at radius 2 is 2.08 bits per heavy atom. The summed E-state index contributed by atoms with van der Waals surface area (Å²) in [6.07, 6.45) is 2.24. The van der Waals surface area contributed by atoms with Crippen molar-refractivity contribution >= 4 is 18.3 Å². The average Bonchev–Trinajstić information content (AvgIpc) is 3.14. The molecule has 0 radical (unpaired) electrons. The molecule has 1 aliphatic rings. The molecule has 2 aromatic rings. The van der Waals surface area contributed by atoms with Crippen molar-refractivity contribution in [2.75, 3.05) is 19.6 Å². The summed E-state index contributed by atoms with van der Waals surface area (Å²) in [5.74, 6) is 1.37. The second-order valence-corrected chi connectivity index (χ2v) is 6.71. The maximum Gasteiger partial charge on any atom is 0.251 e. The monoisotopic (exact) mass is 374 g/mol. The minimum absolute atomic E-state index is 0.